The molecule has 0 amide bonds. The third kappa shape index (κ3) is 7.48. The molecule has 2 aliphatic rings. The van der Waals surface area contributed by atoms with Gasteiger partial charge in [-0.15, -0.1) is 0 Å². The topological polar surface area (TPSA) is 158 Å². The van der Waals surface area contributed by atoms with Crippen molar-refractivity contribution >= 4 is 23.7 Å². The van der Waals surface area contributed by atoms with Gasteiger partial charge >= 0.3 is 18.1 Å². The SMILES string of the molecule is CCOC(=O)c1cccc(-c2ccc(-n3ccc(C)n3)c([C@@H](Oc3cc(N4CCC5(CC4)CC(C(=O)O)NC5CC)nc(N)n3)C(F)(F)F)c2)c1. The number of aromatic nitrogens is 4. The number of carboxylic acid groups (broad SMARTS) is 1. The first kappa shape index (κ1) is 35.6. The Bertz CT molecular complexity index is 1910. The monoisotopic (exact) mass is 707 g/mol. The average molecular weight is 708 g/mol. The molecule has 12 nitrogen and oxygen atoms in total. The number of hydrogen-bond donors (Lipinski definition) is 3. The molecule has 0 radical (unpaired) electrons. The molecule has 4 aromatic rings. The van der Waals surface area contributed by atoms with Crippen molar-refractivity contribution in [3.05, 3.63) is 77.6 Å². The Kier molecular flexibility index (Phi) is 9.93. The average Bonchev–Trinajstić information content (AvgIpc) is 3.70. The van der Waals surface area contributed by atoms with E-state index in [9.17, 15) is 14.7 Å². The number of carbonyl (C=O) groups excluding carboxylic acids is 1. The summed E-state index contributed by atoms with van der Waals surface area (Å²) in [4.78, 5) is 34.4. The van der Waals surface area contributed by atoms with Crippen LogP contribution in [0.2, 0.25) is 0 Å². The van der Waals surface area contributed by atoms with Gasteiger partial charge in [-0.25, -0.2) is 9.48 Å². The number of benzene rings is 2. The van der Waals surface area contributed by atoms with Crippen molar-refractivity contribution in [2.75, 3.05) is 30.3 Å². The van der Waals surface area contributed by atoms with Crippen LogP contribution >= 0.6 is 0 Å². The number of esters is 1. The summed E-state index contributed by atoms with van der Waals surface area (Å²) in [6, 6.07) is 13.4. The van der Waals surface area contributed by atoms with E-state index >= 15 is 13.2 Å². The maximum atomic E-state index is 15.1. The van der Waals surface area contributed by atoms with Crippen LogP contribution in [0, 0.1) is 12.3 Å². The highest BCUT2D eigenvalue weighted by Gasteiger charge is 2.50. The van der Waals surface area contributed by atoms with Crippen molar-refractivity contribution in [2.24, 2.45) is 5.41 Å². The van der Waals surface area contributed by atoms with Gasteiger partial charge in [0.15, 0.2) is 0 Å². The molecule has 4 N–H and O–H groups in total. The molecule has 0 bridgehead atoms. The van der Waals surface area contributed by atoms with Crippen molar-refractivity contribution < 1.29 is 37.3 Å². The van der Waals surface area contributed by atoms with Crippen LogP contribution in [0.3, 0.4) is 0 Å². The second kappa shape index (κ2) is 14.2. The number of nitrogen functional groups attached to an aromatic ring is 1. The van der Waals surface area contributed by atoms with E-state index in [1.807, 2.05) is 11.8 Å². The fourth-order valence-corrected chi connectivity index (χ4v) is 7.29. The quantitative estimate of drug-likeness (QED) is 0.169. The lowest BCUT2D eigenvalue weighted by Crippen LogP contribution is -2.46. The highest BCUT2D eigenvalue weighted by molar-refractivity contribution is 5.91. The van der Waals surface area contributed by atoms with Crippen LogP contribution in [0.25, 0.3) is 16.8 Å². The van der Waals surface area contributed by atoms with Gasteiger partial charge in [0.2, 0.25) is 17.9 Å². The Morgan fingerprint density at radius 3 is 2.47 bits per heavy atom. The molecule has 6 rings (SSSR count). The van der Waals surface area contributed by atoms with Gasteiger partial charge in [0, 0.05) is 37.0 Å². The number of aryl methyl sites for hydroxylation is 1. The Morgan fingerprint density at radius 1 is 1.08 bits per heavy atom. The van der Waals surface area contributed by atoms with Crippen LogP contribution < -0.4 is 20.7 Å². The van der Waals surface area contributed by atoms with Crippen LogP contribution in [-0.2, 0) is 9.53 Å². The first-order chi connectivity index (χ1) is 24.3. The molecule has 1 spiro atoms. The van der Waals surface area contributed by atoms with Crippen LogP contribution in [0.1, 0.15) is 67.3 Å². The number of halogens is 3. The molecule has 4 heterocycles. The van der Waals surface area contributed by atoms with Gasteiger partial charge in [0.05, 0.1) is 23.6 Å². The number of carbonyl (C=O) groups is 2. The molecule has 2 fully saturated rings. The number of nitrogens with one attached hydrogen (secondary N) is 1. The van der Waals surface area contributed by atoms with Crippen molar-refractivity contribution in [3.8, 4) is 22.7 Å². The van der Waals surface area contributed by atoms with Crippen LogP contribution in [0.4, 0.5) is 24.9 Å². The first-order valence-corrected chi connectivity index (χ1v) is 16.9. The van der Waals surface area contributed by atoms with Crippen molar-refractivity contribution in [2.45, 2.75) is 70.8 Å². The zero-order valence-electron chi connectivity index (χ0n) is 28.5. The van der Waals surface area contributed by atoms with E-state index in [1.165, 1.54) is 22.9 Å². The largest absolute Gasteiger partial charge is 0.480 e. The van der Waals surface area contributed by atoms with E-state index in [1.54, 1.807) is 56.4 Å². The third-order valence-corrected chi connectivity index (χ3v) is 9.77. The fraction of sp³-hybridized carbons (Fsp3) is 0.417. The fourth-order valence-electron chi connectivity index (χ4n) is 7.29. The van der Waals surface area contributed by atoms with Crippen molar-refractivity contribution in [1.29, 1.82) is 0 Å². The van der Waals surface area contributed by atoms with Crippen molar-refractivity contribution in [1.82, 2.24) is 25.1 Å². The molecule has 51 heavy (non-hydrogen) atoms. The number of carboxylic acids is 1. The van der Waals surface area contributed by atoms with Gasteiger partial charge in [-0.2, -0.15) is 28.2 Å². The highest BCUT2D eigenvalue weighted by Crippen LogP contribution is 2.46. The number of nitrogens with two attached hydrogens (primary N) is 1. The summed E-state index contributed by atoms with van der Waals surface area (Å²) in [7, 11) is 0. The zero-order valence-corrected chi connectivity index (χ0v) is 28.5. The molecule has 0 aliphatic carbocycles. The lowest BCUT2D eigenvalue weighted by molar-refractivity contribution is -0.198. The van der Waals surface area contributed by atoms with E-state index in [4.69, 9.17) is 15.2 Å². The Labute approximate surface area is 292 Å². The van der Waals surface area contributed by atoms with E-state index in [-0.39, 0.29) is 46.7 Å². The van der Waals surface area contributed by atoms with Gasteiger partial charge in [0.1, 0.15) is 11.9 Å². The van der Waals surface area contributed by atoms with Gasteiger partial charge in [-0.3, -0.25) is 4.79 Å². The van der Waals surface area contributed by atoms with E-state index in [2.05, 4.69) is 20.4 Å². The van der Waals surface area contributed by atoms with E-state index in [0.717, 1.165) is 6.42 Å². The molecule has 270 valence electrons. The lowest BCUT2D eigenvalue weighted by Gasteiger charge is -2.43. The number of alkyl halides is 3. The molecular weight excluding hydrogens is 667 g/mol. The number of anilines is 2. The lowest BCUT2D eigenvalue weighted by atomic mass is 9.71. The smallest absolute Gasteiger partial charge is 0.429 e. The Balaban J connectivity index is 1.33. The number of rotatable bonds is 10. The first-order valence-electron chi connectivity index (χ1n) is 16.9. The van der Waals surface area contributed by atoms with E-state index in [0.29, 0.717) is 55.0 Å². The van der Waals surface area contributed by atoms with Gasteiger partial charge in [-0.1, -0.05) is 25.1 Å². The number of piperidine rings is 1. The molecule has 2 aliphatic heterocycles. The summed E-state index contributed by atoms with van der Waals surface area (Å²) in [5.74, 6) is -1.72. The molecular formula is C36H40F3N7O5. The summed E-state index contributed by atoms with van der Waals surface area (Å²) < 4.78 is 57.5. The third-order valence-electron chi connectivity index (χ3n) is 9.77. The summed E-state index contributed by atoms with van der Waals surface area (Å²) in [6.45, 7) is 6.61. The number of ether oxygens (including phenoxy) is 2. The molecule has 15 heteroatoms. The van der Waals surface area contributed by atoms with Crippen molar-refractivity contribution in [3.63, 3.8) is 0 Å². The number of aliphatic carboxylic acids is 1. The molecule has 0 saturated carbocycles. The predicted octanol–water partition coefficient (Wildman–Crippen LogP) is 5.89. The minimum absolute atomic E-state index is 0.0406. The molecule has 2 aromatic heterocycles. The maximum Gasteiger partial charge on any atom is 0.429 e. The molecule has 2 unspecified atom stereocenters. The summed E-state index contributed by atoms with van der Waals surface area (Å²) >= 11 is 0. The Hall–Kier alpha value is -5.18. The molecule has 2 aromatic carbocycles. The normalized spacial score (nSPS) is 19.2. The van der Waals surface area contributed by atoms with E-state index < -0.39 is 30.3 Å². The van der Waals surface area contributed by atoms with Crippen LogP contribution in [-0.4, -0.2) is 74.7 Å². The Morgan fingerprint density at radius 2 is 1.82 bits per heavy atom. The molecule has 3 atom stereocenters. The maximum absolute atomic E-state index is 15.1. The molecule has 2 saturated heterocycles. The minimum atomic E-state index is -4.91. The van der Waals surface area contributed by atoms with Gasteiger partial charge < -0.3 is 30.5 Å². The van der Waals surface area contributed by atoms with Gasteiger partial charge in [-0.05, 0) is 86.4 Å². The van der Waals surface area contributed by atoms with Crippen LogP contribution in [0.15, 0.2) is 60.8 Å². The summed E-state index contributed by atoms with van der Waals surface area (Å²) in [5, 5.41) is 17.2. The second-order valence-electron chi connectivity index (χ2n) is 13.0. The van der Waals surface area contributed by atoms with Gasteiger partial charge in [0.25, 0.3) is 0 Å². The number of hydrogen-bond acceptors (Lipinski definition) is 10. The predicted molar refractivity (Wildman–Crippen MR) is 183 cm³/mol. The number of nitrogens with zero attached hydrogens (tertiary/aromatic N) is 5. The van der Waals surface area contributed by atoms with Crippen LogP contribution in [0.5, 0.6) is 5.88 Å². The zero-order chi connectivity index (χ0) is 36.5. The summed E-state index contributed by atoms with van der Waals surface area (Å²) in [5.41, 5.74) is 7.50. The summed E-state index contributed by atoms with van der Waals surface area (Å²) in [6.07, 6.45) is -3.22. The minimum Gasteiger partial charge on any atom is -0.480 e. The second-order valence-corrected chi connectivity index (χ2v) is 13.0. The standard InChI is InChI=1S/C36H40F3N7O5/c1-4-28-35(20-26(41-28)32(47)48)12-15-45(16-13-35)29-19-30(43-34(40)42-29)51-31(36(37,38)39)25-18-23(9-10-27(25)46-14-11-21(3)44-46)22-7-6-8-24(17-22)33(49)50-5-2/h6-11,14,17-19,26,28,31,41H,4-5,12-13,15-16,20H2,1-3H3,(H,47,48)(H2,40,42,43)/t26?,28?,31-/m1/s1. The highest BCUT2D eigenvalue weighted by atomic mass is 19.4.